The standard InChI is InChI=1S/C17H30O2/c1-3-4-5-6-7-8-9-10-11-12-13-16-14-15(2)17(18)19-16/h16H,2-14H2,1H3. The Morgan fingerprint density at radius 3 is 2.00 bits per heavy atom. The second-order valence-electron chi connectivity index (χ2n) is 5.81. The van der Waals surface area contributed by atoms with Crippen molar-refractivity contribution in [2.45, 2.75) is 90.1 Å². The molecule has 1 fully saturated rings. The Hall–Kier alpha value is -0.790. The number of hydrogen-bond donors (Lipinski definition) is 0. The number of ether oxygens (including phenoxy) is 1. The van der Waals surface area contributed by atoms with Crippen LogP contribution in [0.3, 0.4) is 0 Å². The minimum Gasteiger partial charge on any atom is -0.459 e. The van der Waals surface area contributed by atoms with Gasteiger partial charge in [0.2, 0.25) is 0 Å². The summed E-state index contributed by atoms with van der Waals surface area (Å²) in [6.45, 7) is 5.97. The zero-order valence-corrected chi connectivity index (χ0v) is 12.6. The fraction of sp³-hybridized carbons (Fsp3) is 0.824. The van der Waals surface area contributed by atoms with Gasteiger partial charge in [-0.3, -0.25) is 0 Å². The summed E-state index contributed by atoms with van der Waals surface area (Å²) in [5, 5.41) is 0. The van der Waals surface area contributed by atoms with E-state index in [1.807, 2.05) is 0 Å². The minimum atomic E-state index is -0.183. The van der Waals surface area contributed by atoms with Gasteiger partial charge in [-0.2, -0.15) is 0 Å². The number of carbonyl (C=O) groups excluding carboxylic acids is 1. The summed E-state index contributed by atoms with van der Waals surface area (Å²) < 4.78 is 5.22. The summed E-state index contributed by atoms with van der Waals surface area (Å²) in [7, 11) is 0. The van der Waals surface area contributed by atoms with Gasteiger partial charge in [0.05, 0.1) is 0 Å². The van der Waals surface area contributed by atoms with E-state index in [-0.39, 0.29) is 12.1 Å². The summed E-state index contributed by atoms with van der Waals surface area (Å²) in [6.07, 6.45) is 15.4. The molecule has 110 valence electrons. The summed E-state index contributed by atoms with van der Waals surface area (Å²) in [5.74, 6) is -0.183. The van der Waals surface area contributed by atoms with Gasteiger partial charge < -0.3 is 4.74 Å². The van der Waals surface area contributed by atoms with Gasteiger partial charge in [-0.15, -0.1) is 0 Å². The number of rotatable bonds is 11. The molecule has 1 unspecified atom stereocenters. The first kappa shape index (κ1) is 16.3. The Morgan fingerprint density at radius 2 is 1.53 bits per heavy atom. The summed E-state index contributed by atoms with van der Waals surface area (Å²) in [5.41, 5.74) is 0.650. The Bertz CT molecular complexity index is 254. The quantitative estimate of drug-likeness (QED) is 0.293. The maximum Gasteiger partial charge on any atom is 0.333 e. The molecule has 0 aliphatic carbocycles. The van der Waals surface area contributed by atoms with E-state index in [1.165, 1.54) is 64.2 Å². The highest BCUT2D eigenvalue weighted by Crippen LogP contribution is 2.23. The highest BCUT2D eigenvalue weighted by atomic mass is 16.5. The Labute approximate surface area is 118 Å². The molecule has 0 aromatic heterocycles. The summed E-state index contributed by atoms with van der Waals surface area (Å²) >= 11 is 0. The third-order valence-electron chi connectivity index (χ3n) is 3.92. The monoisotopic (exact) mass is 266 g/mol. The van der Waals surface area contributed by atoms with Crippen LogP contribution in [0.5, 0.6) is 0 Å². The average molecular weight is 266 g/mol. The minimum absolute atomic E-state index is 0.119. The SMILES string of the molecule is C=C1CC(CCCCCCCCCCCC)OC1=O. The fourth-order valence-corrected chi connectivity index (χ4v) is 2.65. The molecule has 0 aromatic rings. The zero-order chi connectivity index (χ0) is 13.9. The van der Waals surface area contributed by atoms with Gasteiger partial charge in [-0.1, -0.05) is 71.3 Å². The van der Waals surface area contributed by atoms with Crippen molar-refractivity contribution >= 4 is 5.97 Å². The number of carbonyl (C=O) groups is 1. The Balaban J connectivity index is 1.81. The highest BCUT2D eigenvalue weighted by Gasteiger charge is 2.26. The molecule has 0 saturated carbocycles. The molecule has 1 aliphatic rings. The van der Waals surface area contributed by atoms with E-state index in [2.05, 4.69) is 13.5 Å². The van der Waals surface area contributed by atoms with Gasteiger partial charge in [0.1, 0.15) is 6.10 Å². The van der Waals surface area contributed by atoms with Crippen molar-refractivity contribution < 1.29 is 9.53 Å². The molecule has 19 heavy (non-hydrogen) atoms. The van der Waals surface area contributed by atoms with Gasteiger partial charge in [0.15, 0.2) is 0 Å². The third-order valence-corrected chi connectivity index (χ3v) is 3.92. The second-order valence-corrected chi connectivity index (χ2v) is 5.81. The van der Waals surface area contributed by atoms with Crippen LogP contribution in [0.1, 0.15) is 84.0 Å². The lowest BCUT2D eigenvalue weighted by Crippen LogP contribution is -2.06. The largest absolute Gasteiger partial charge is 0.459 e. The summed E-state index contributed by atoms with van der Waals surface area (Å²) in [4.78, 5) is 11.1. The molecule has 0 aromatic carbocycles. The maximum absolute atomic E-state index is 11.1. The van der Waals surface area contributed by atoms with Crippen molar-refractivity contribution in [3.8, 4) is 0 Å². The smallest absolute Gasteiger partial charge is 0.333 e. The van der Waals surface area contributed by atoms with Crippen LogP contribution in [0.4, 0.5) is 0 Å². The average Bonchev–Trinajstić information content (AvgIpc) is 2.71. The van der Waals surface area contributed by atoms with Crippen molar-refractivity contribution in [1.82, 2.24) is 0 Å². The van der Waals surface area contributed by atoms with E-state index in [0.29, 0.717) is 5.57 Å². The van der Waals surface area contributed by atoms with Crippen LogP contribution in [-0.4, -0.2) is 12.1 Å². The number of cyclic esters (lactones) is 1. The molecular weight excluding hydrogens is 236 g/mol. The molecule has 2 nitrogen and oxygen atoms in total. The fourth-order valence-electron chi connectivity index (χ4n) is 2.65. The third kappa shape index (κ3) is 7.39. The molecule has 0 radical (unpaired) electrons. The van der Waals surface area contributed by atoms with E-state index < -0.39 is 0 Å². The van der Waals surface area contributed by atoms with Crippen LogP contribution in [0.25, 0.3) is 0 Å². The van der Waals surface area contributed by atoms with Crippen LogP contribution in [0.2, 0.25) is 0 Å². The van der Waals surface area contributed by atoms with Crippen molar-refractivity contribution in [1.29, 1.82) is 0 Å². The van der Waals surface area contributed by atoms with Gasteiger partial charge in [0, 0.05) is 12.0 Å². The molecular formula is C17H30O2. The topological polar surface area (TPSA) is 26.3 Å². The lowest BCUT2D eigenvalue weighted by Gasteiger charge is -2.07. The van der Waals surface area contributed by atoms with Crippen LogP contribution in [0, 0.1) is 0 Å². The Morgan fingerprint density at radius 1 is 1.00 bits per heavy atom. The number of hydrogen-bond acceptors (Lipinski definition) is 2. The highest BCUT2D eigenvalue weighted by molar-refractivity contribution is 5.89. The molecule has 0 bridgehead atoms. The van der Waals surface area contributed by atoms with Crippen LogP contribution in [0.15, 0.2) is 12.2 Å². The van der Waals surface area contributed by atoms with Crippen molar-refractivity contribution in [2.24, 2.45) is 0 Å². The Kier molecular flexibility index (Phi) is 8.61. The first-order valence-corrected chi connectivity index (χ1v) is 8.12. The predicted octanol–water partition coefficient (Wildman–Crippen LogP) is 5.17. The van der Waals surface area contributed by atoms with Crippen LogP contribution in [-0.2, 0) is 9.53 Å². The van der Waals surface area contributed by atoms with Gasteiger partial charge in [-0.05, 0) is 12.8 Å². The number of esters is 1. The van der Waals surface area contributed by atoms with Crippen molar-refractivity contribution in [2.75, 3.05) is 0 Å². The summed E-state index contributed by atoms with van der Waals surface area (Å²) in [6, 6.07) is 0. The zero-order valence-electron chi connectivity index (χ0n) is 12.6. The first-order valence-electron chi connectivity index (χ1n) is 8.12. The van der Waals surface area contributed by atoms with Gasteiger partial charge in [0.25, 0.3) is 0 Å². The first-order chi connectivity index (χ1) is 9.24. The van der Waals surface area contributed by atoms with Crippen molar-refractivity contribution in [3.05, 3.63) is 12.2 Å². The molecule has 1 saturated heterocycles. The molecule has 1 atom stereocenters. The van der Waals surface area contributed by atoms with Crippen LogP contribution < -0.4 is 0 Å². The van der Waals surface area contributed by atoms with E-state index in [9.17, 15) is 4.79 Å². The van der Waals surface area contributed by atoms with E-state index in [1.54, 1.807) is 0 Å². The normalized spacial score (nSPS) is 18.9. The van der Waals surface area contributed by atoms with Crippen molar-refractivity contribution in [3.63, 3.8) is 0 Å². The second kappa shape index (κ2) is 10.1. The number of unbranched alkanes of at least 4 members (excludes halogenated alkanes) is 9. The van der Waals surface area contributed by atoms with E-state index in [0.717, 1.165) is 12.8 Å². The molecule has 1 heterocycles. The molecule has 1 rings (SSSR count). The molecule has 0 N–H and O–H groups in total. The lowest BCUT2D eigenvalue weighted by molar-refractivity contribution is -0.139. The van der Waals surface area contributed by atoms with Gasteiger partial charge >= 0.3 is 5.97 Å². The predicted molar refractivity (Wildman–Crippen MR) is 80.1 cm³/mol. The van der Waals surface area contributed by atoms with Crippen LogP contribution >= 0.6 is 0 Å². The van der Waals surface area contributed by atoms with E-state index in [4.69, 9.17) is 4.74 Å². The molecule has 0 spiro atoms. The maximum atomic E-state index is 11.1. The molecule has 2 heteroatoms. The molecule has 0 amide bonds. The van der Waals surface area contributed by atoms with E-state index >= 15 is 0 Å². The van der Waals surface area contributed by atoms with Gasteiger partial charge in [-0.25, -0.2) is 4.79 Å². The molecule has 1 aliphatic heterocycles. The lowest BCUT2D eigenvalue weighted by atomic mass is 10.0.